The van der Waals surface area contributed by atoms with Gasteiger partial charge in [-0.1, -0.05) is 31.2 Å². The fourth-order valence-corrected chi connectivity index (χ4v) is 7.34. The minimum atomic E-state index is -1.42. The highest BCUT2D eigenvalue weighted by atomic mass is 32.2. The SMILES string of the molecule is C[C@H]1C(S[C@@H]2CN[C@H](CN(C)c3ccc(N)c4ccccc34)C2)=C(OC(=O)O)N2C(=O)[C@@H](CCO)[C@@H]12. The van der Waals surface area contributed by atoms with Crippen LogP contribution >= 0.6 is 11.8 Å². The summed E-state index contributed by atoms with van der Waals surface area (Å²) < 4.78 is 5.11. The molecule has 0 bridgehead atoms. The van der Waals surface area contributed by atoms with Crippen LogP contribution in [0.2, 0.25) is 0 Å². The van der Waals surface area contributed by atoms with Crippen LogP contribution in [-0.4, -0.2) is 71.3 Å². The number of β-lactam (4-membered cyclic amide) rings is 1. The van der Waals surface area contributed by atoms with Crippen LogP contribution in [0.15, 0.2) is 47.2 Å². The molecule has 0 aliphatic carbocycles. The molecule has 0 saturated carbocycles. The van der Waals surface area contributed by atoms with Gasteiger partial charge in [-0.3, -0.25) is 9.69 Å². The van der Waals surface area contributed by atoms with E-state index in [4.69, 9.17) is 10.5 Å². The summed E-state index contributed by atoms with van der Waals surface area (Å²) in [5.41, 5.74) is 8.06. The number of hydrogen-bond donors (Lipinski definition) is 4. The molecule has 0 aromatic heterocycles. The zero-order chi connectivity index (χ0) is 25.6. The minimum absolute atomic E-state index is 0.0403. The van der Waals surface area contributed by atoms with E-state index in [9.17, 15) is 19.8 Å². The van der Waals surface area contributed by atoms with Gasteiger partial charge in [0, 0.05) is 66.1 Å². The number of amides is 1. The summed E-state index contributed by atoms with van der Waals surface area (Å²) in [7, 11) is 2.08. The predicted molar refractivity (Wildman–Crippen MR) is 141 cm³/mol. The van der Waals surface area contributed by atoms with Gasteiger partial charge in [0.2, 0.25) is 11.8 Å². The van der Waals surface area contributed by atoms with E-state index in [-0.39, 0.29) is 47.6 Å². The summed E-state index contributed by atoms with van der Waals surface area (Å²) in [5.74, 6) is -0.361. The number of rotatable bonds is 8. The Hall–Kier alpha value is -2.95. The average molecular weight is 513 g/mol. The Morgan fingerprint density at radius 1 is 1.28 bits per heavy atom. The van der Waals surface area contributed by atoms with E-state index in [2.05, 4.69) is 29.4 Å². The van der Waals surface area contributed by atoms with Crippen LogP contribution in [0.5, 0.6) is 0 Å². The van der Waals surface area contributed by atoms with Gasteiger partial charge in [-0.25, -0.2) is 4.79 Å². The third-order valence-corrected chi connectivity index (χ3v) is 9.05. The fourth-order valence-electron chi connectivity index (χ4n) is 5.88. The van der Waals surface area contributed by atoms with E-state index in [1.807, 2.05) is 31.2 Å². The molecule has 0 spiro atoms. The largest absolute Gasteiger partial charge is 0.512 e. The van der Waals surface area contributed by atoms with Crippen LogP contribution in [0.4, 0.5) is 16.2 Å². The number of thioether (sulfide) groups is 1. The van der Waals surface area contributed by atoms with Crippen molar-refractivity contribution in [3.8, 4) is 0 Å². The molecular weight excluding hydrogens is 480 g/mol. The lowest BCUT2D eigenvalue weighted by molar-refractivity contribution is -0.156. The molecule has 3 heterocycles. The molecule has 5 rings (SSSR count). The highest BCUT2D eigenvalue weighted by Gasteiger charge is 2.58. The number of carboxylic acid groups (broad SMARTS) is 1. The van der Waals surface area contributed by atoms with Crippen molar-refractivity contribution in [3.63, 3.8) is 0 Å². The molecule has 1 amide bonds. The molecule has 192 valence electrons. The maximum absolute atomic E-state index is 12.6. The number of benzene rings is 2. The normalized spacial score (nSPS) is 27.4. The van der Waals surface area contributed by atoms with Crippen molar-refractivity contribution in [3.05, 3.63) is 47.2 Å². The smallest absolute Gasteiger partial charge is 0.449 e. The van der Waals surface area contributed by atoms with Gasteiger partial charge in [0.1, 0.15) is 0 Å². The summed E-state index contributed by atoms with van der Waals surface area (Å²) in [5, 5.41) is 24.6. The summed E-state index contributed by atoms with van der Waals surface area (Å²) in [6.07, 6.45) is -0.145. The van der Waals surface area contributed by atoms with Crippen LogP contribution in [0, 0.1) is 11.8 Å². The van der Waals surface area contributed by atoms with Gasteiger partial charge in [-0.15, -0.1) is 11.8 Å². The van der Waals surface area contributed by atoms with E-state index in [1.165, 1.54) is 4.90 Å². The molecule has 10 heteroatoms. The lowest BCUT2D eigenvalue weighted by Gasteiger charge is -2.44. The van der Waals surface area contributed by atoms with E-state index in [0.29, 0.717) is 6.42 Å². The highest BCUT2D eigenvalue weighted by molar-refractivity contribution is 8.03. The van der Waals surface area contributed by atoms with Crippen molar-refractivity contribution >= 4 is 46.0 Å². The zero-order valence-corrected chi connectivity index (χ0v) is 21.2. The van der Waals surface area contributed by atoms with E-state index < -0.39 is 6.16 Å². The molecule has 36 heavy (non-hydrogen) atoms. The number of ether oxygens (including phenoxy) is 1. The summed E-state index contributed by atoms with van der Waals surface area (Å²) in [6.45, 7) is 3.52. The maximum atomic E-state index is 12.6. The first-order valence-electron chi connectivity index (χ1n) is 12.3. The number of aliphatic hydroxyl groups excluding tert-OH is 1. The number of fused-ring (bicyclic) bond motifs is 2. The third kappa shape index (κ3) is 4.27. The van der Waals surface area contributed by atoms with Gasteiger partial charge in [-0.2, -0.15) is 0 Å². The second-order valence-electron chi connectivity index (χ2n) is 9.82. The molecule has 0 unspecified atom stereocenters. The number of aliphatic hydroxyl groups is 1. The molecule has 3 aliphatic heterocycles. The van der Waals surface area contributed by atoms with Crippen molar-refractivity contribution in [2.45, 2.75) is 37.1 Å². The van der Waals surface area contributed by atoms with Gasteiger partial charge in [0.25, 0.3) is 0 Å². The lowest BCUT2D eigenvalue weighted by atomic mass is 9.80. The van der Waals surface area contributed by atoms with Crippen LogP contribution in [0.1, 0.15) is 19.8 Å². The Bertz CT molecular complexity index is 1220. The molecule has 5 N–H and O–H groups in total. The second kappa shape index (κ2) is 9.84. The summed E-state index contributed by atoms with van der Waals surface area (Å²) in [4.78, 5) is 28.6. The number of nitrogens with zero attached hydrogens (tertiary/aromatic N) is 2. The number of hydrogen-bond acceptors (Lipinski definition) is 8. The van der Waals surface area contributed by atoms with Gasteiger partial charge in [-0.05, 0) is 25.0 Å². The Morgan fingerprint density at radius 3 is 2.75 bits per heavy atom. The molecule has 0 radical (unpaired) electrons. The second-order valence-corrected chi connectivity index (χ2v) is 11.2. The number of carbonyl (C=O) groups excluding carboxylic acids is 1. The van der Waals surface area contributed by atoms with Crippen molar-refractivity contribution in [2.75, 3.05) is 37.4 Å². The van der Waals surface area contributed by atoms with E-state index >= 15 is 0 Å². The Morgan fingerprint density at radius 2 is 2.03 bits per heavy atom. The Labute approximate surface area is 214 Å². The molecule has 2 fully saturated rings. The topological polar surface area (TPSA) is 128 Å². The van der Waals surface area contributed by atoms with Gasteiger partial charge >= 0.3 is 6.16 Å². The standard InChI is InChI=1S/C26H32N4O5S/c1-14-22-19(9-10-31)24(32)30(22)25(35-26(33)34)23(14)36-16-11-15(28-12-16)13-29(2)21-8-7-20(27)17-5-3-4-6-18(17)21/h3-8,14-16,19,22,28,31H,9-13,27H2,1-2H3,(H,33,34)/t14-,15+,16+,19+,22-/m1/s1. The highest BCUT2D eigenvalue weighted by Crippen LogP contribution is 2.52. The van der Waals surface area contributed by atoms with Gasteiger partial charge in [0.15, 0.2) is 0 Å². The molecule has 2 aromatic rings. The lowest BCUT2D eigenvalue weighted by Crippen LogP contribution is -2.60. The quantitative estimate of drug-likeness (QED) is 0.240. The predicted octanol–water partition coefficient (Wildman–Crippen LogP) is 3.04. The average Bonchev–Trinajstić information content (AvgIpc) is 3.38. The first kappa shape index (κ1) is 24.7. The van der Waals surface area contributed by atoms with E-state index in [0.717, 1.165) is 46.6 Å². The molecule has 2 saturated heterocycles. The summed E-state index contributed by atoms with van der Waals surface area (Å²) in [6, 6.07) is 12.2. The number of nitrogens with two attached hydrogens (primary N) is 1. The van der Waals surface area contributed by atoms with Crippen molar-refractivity contribution in [1.29, 1.82) is 0 Å². The number of nitrogen functional groups attached to an aromatic ring is 1. The molecule has 5 atom stereocenters. The maximum Gasteiger partial charge on any atom is 0.512 e. The van der Waals surface area contributed by atoms with Crippen molar-refractivity contribution in [1.82, 2.24) is 10.2 Å². The van der Waals surface area contributed by atoms with Crippen molar-refractivity contribution < 1.29 is 24.5 Å². The molecule has 9 nitrogen and oxygen atoms in total. The summed E-state index contributed by atoms with van der Waals surface area (Å²) >= 11 is 1.61. The third-order valence-electron chi connectivity index (χ3n) is 7.56. The van der Waals surface area contributed by atoms with Crippen LogP contribution in [-0.2, 0) is 9.53 Å². The van der Waals surface area contributed by atoms with Crippen molar-refractivity contribution in [2.24, 2.45) is 11.8 Å². The van der Waals surface area contributed by atoms with Crippen LogP contribution < -0.4 is 16.0 Å². The first-order valence-corrected chi connectivity index (χ1v) is 13.1. The molecule has 3 aliphatic rings. The fraction of sp³-hybridized carbons (Fsp3) is 0.462. The van der Waals surface area contributed by atoms with Gasteiger partial charge in [0.05, 0.1) is 16.9 Å². The monoisotopic (exact) mass is 512 g/mol. The number of anilines is 2. The van der Waals surface area contributed by atoms with Gasteiger partial charge < -0.3 is 30.9 Å². The van der Waals surface area contributed by atoms with Crippen LogP contribution in [0.25, 0.3) is 10.8 Å². The molecule has 2 aromatic carbocycles. The number of carbonyl (C=O) groups is 2. The molecular formula is C26H32N4O5S. The Balaban J connectivity index is 1.27. The Kier molecular flexibility index (Phi) is 6.76. The minimum Gasteiger partial charge on any atom is -0.449 e. The van der Waals surface area contributed by atoms with Crippen LogP contribution in [0.3, 0.4) is 0 Å². The first-order chi connectivity index (χ1) is 17.3. The zero-order valence-electron chi connectivity index (χ0n) is 20.4. The number of nitrogens with one attached hydrogen (secondary N) is 1. The number of likely N-dealkylation sites (N-methyl/N-ethyl adjacent to an activating group) is 1. The van der Waals surface area contributed by atoms with E-state index in [1.54, 1.807) is 11.8 Å².